The molecule has 6 nitrogen and oxygen atoms in total. The standard InChI is InChI=1S/C27H29F3N4O2/c28-27(29,30)20-9-12-22-19(15-20)8-13-23(35-16-17-4-5-17)26-33-32-25(34(22)26)18-6-10-21(11-7-18)36-24-3-1-2-14-31-24/h1-3,9,12,14-15,17-18,21,23H,4-8,10-11,13,16H2. The molecular weight excluding hydrogens is 469 g/mol. The van der Waals surface area contributed by atoms with Crippen LogP contribution in [0.1, 0.15) is 79.7 Å². The molecule has 36 heavy (non-hydrogen) atoms. The largest absolute Gasteiger partial charge is 0.474 e. The summed E-state index contributed by atoms with van der Waals surface area (Å²) in [6, 6.07) is 9.64. The first-order valence-corrected chi connectivity index (χ1v) is 12.8. The van der Waals surface area contributed by atoms with E-state index in [4.69, 9.17) is 9.47 Å². The highest BCUT2D eigenvalue weighted by Gasteiger charge is 2.36. The lowest BCUT2D eigenvalue weighted by atomic mass is 9.86. The number of rotatable bonds is 6. The Labute approximate surface area is 207 Å². The highest BCUT2D eigenvalue weighted by atomic mass is 19.4. The van der Waals surface area contributed by atoms with Crippen molar-refractivity contribution in [1.82, 2.24) is 19.7 Å². The van der Waals surface area contributed by atoms with Crippen molar-refractivity contribution in [2.75, 3.05) is 6.61 Å². The van der Waals surface area contributed by atoms with Crippen LogP contribution in [-0.4, -0.2) is 32.5 Å². The van der Waals surface area contributed by atoms with Gasteiger partial charge in [-0.3, -0.25) is 4.57 Å². The Balaban J connectivity index is 1.28. The Hall–Kier alpha value is -2.94. The van der Waals surface area contributed by atoms with Gasteiger partial charge in [-0.15, -0.1) is 10.2 Å². The number of hydrogen-bond acceptors (Lipinski definition) is 5. The SMILES string of the molecule is FC(F)(F)c1ccc2c(c1)CCC(OCC1CC1)c1nnc(C3CCC(Oc4ccccn4)CC3)n1-2. The maximum absolute atomic E-state index is 13.5. The van der Waals surface area contributed by atoms with Crippen LogP contribution in [0.3, 0.4) is 0 Å². The van der Waals surface area contributed by atoms with Crippen LogP contribution in [0.5, 0.6) is 5.88 Å². The van der Waals surface area contributed by atoms with Crippen LogP contribution >= 0.6 is 0 Å². The molecule has 1 aromatic carbocycles. The quantitative estimate of drug-likeness (QED) is 0.405. The normalized spacial score (nSPS) is 24.0. The molecule has 1 atom stereocenters. The molecule has 2 aromatic heterocycles. The predicted molar refractivity (Wildman–Crippen MR) is 126 cm³/mol. The fraction of sp³-hybridized carbons (Fsp3) is 0.519. The fourth-order valence-electron chi connectivity index (χ4n) is 5.35. The van der Waals surface area contributed by atoms with Crippen LogP contribution in [0.15, 0.2) is 42.6 Å². The summed E-state index contributed by atoms with van der Waals surface area (Å²) in [5, 5.41) is 9.15. The smallest absolute Gasteiger partial charge is 0.416 e. The van der Waals surface area contributed by atoms with E-state index in [0.29, 0.717) is 42.6 Å². The lowest BCUT2D eigenvalue weighted by Gasteiger charge is -2.28. The van der Waals surface area contributed by atoms with Gasteiger partial charge in [0.05, 0.1) is 17.9 Å². The van der Waals surface area contributed by atoms with Crippen LogP contribution in [0, 0.1) is 5.92 Å². The molecule has 0 bridgehead atoms. The molecule has 1 unspecified atom stereocenters. The Bertz CT molecular complexity index is 1200. The van der Waals surface area contributed by atoms with Gasteiger partial charge in [-0.25, -0.2) is 4.98 Å². The topological polar surface area (TPSA) is 62.1 Å². The minimum Gasteiger partial charge on any atom is -0.474 e. The highest BCUT2D eigenvalue weighted by Crippen LogP contribution is 2.41. The molecule has 3 heterocycles. The van der Waals surface area contributed by atoms with Crippen LogP contribution in [0.4, 0.5) is 13.2 Å². The van der Waals surface area contributed by atoms with E-state index in [1.165, 1.54) is 18.9 Å². The van der Waals surface area contributed by atoms with Gasteiger partial charge >= 0.3 is 6.18 Å². The molecule has 1 aliphatic heterocycles. The second-order valence-corrected chi connectivity index (χ2v) is 10.2. The van der Waals surface area contributed by atoms with Gasteiger partial charge in [0.2, 0.25) is 5.88 Å². The Morgan fingerprint density at radius 3 is 2.44 bits per heavy atom. The first-order valence-electron chi connectivity index (χ1n) is 12.8. The van der Waals surface area contributed by atoms with Gasteiger partial charge in [0.25, 0.3) is 0 Å². The number of hydrogen-bond donors (Lipinski definition) is 0. The minimum absolute atomic E-state index is 0.0823. The van der Waals surface area contributed by atoms with Gasteiger partial charge in [-0.1, -0.05) is 6.07 Å². The zero-order valence-corrected chi connectivity index (χ0v) is 20.0. The monoisotopic (exact) mass is 498 g/mol. The number of fused-ring (bicyclic) bond motifs is 3. The van der Waals surface area contributed by atoms with Crippen LogP contribution in [0.2, 0.25) is 0 Å². The Kier molecular flexibility index (Phi) is 6.19. The minimum atomic E-state index is -4.38. The average Bonchev–Trinajstić information content (AvgIpc) is 3.63. The maximum atomic E-state index is 13.5. The first-order chi connectivity index (χ1) is 17.5. The van der Waals surface area contributed by atoms with E-state index in [0.717, 1.165) is 43.3 Å². The van der Waals surface area contributed by atoms with Crippen molar-refractivity contribution < 1.29 is 22.6 Å². The molecule has 9 heteroatoms. The third kappa shape index (κ3) is 4.85. The predicted octanol–water partition coefficient (Wildman–Crippen LogP) is 6.20. The summed E-state index contributed by atoms with van der Waals surface area (Å²) in [4.78, 5) is 4.26. The summed E-state index contributed by atoms with van der Waals surface area (Å²) in [5.41, 5.74) is 0.779. The van der Waals surface area contributed by atoms with Crippen LogP contribution < -0.4 is 4.74 Å². The van der Waals surface area contributed by atoms with Crippen molar-refractivity contribution in [2.24, 2.45) is 5.92 Å². The van der Waals surface area contributed by atoms with Crippen molar-refractivity contribution in [3.63, 3.8) is 0 Å². The molecular formula is C27H29F3N4O2. The molecule has 0 amide bonds. The van der Waals surface area contributed by atoms with E-state index >= 15 is 0 Å². The number of pyridine rings is 1. The van der Waals surface area contributed by atoms with E-state index < -0.39 is 11.7 Å². The number of alkyl halides is 3. The molecule has 0 saturated heterocycles. The molecule has 6 rings (SSSR count). The van der Waals surface area contributed by atoms with E-state index in [1.807, 2.05) is 22.8 Å². The Morgan fingerprint density at radius 1 is 0.917 bits per heavy atom. The van der Waals surface area contributed by atoms with Crippen molar-refractivity contribution >= 4 is 0 Å². The molecule has 2 fully saturated rings. The molecule has 3 aromatic rings. The van der Waals surface area contributed by atoms with Crippen molar-refractivity contribution in [3.05, 3.63) is 65.4 Å². The summed E-state index contributed by atoms with van der Waals surface area (Å²) >= 11 is 0. The zero-order chi connectivity index (χ0) is 24.7. The van der Waals surface area contributed by atoms with Gasteiger partial charge in [-0.2, -0.15) is 13.2 Å². The summed E-state index contributed by atoms with van der Waals surface area (Å²) in [6.07, 6.45) is 3.99. The van der Waals surface area contributed by atoms with Gasteiger partial charge in [0.1, 0.15) is 18.0 Å². The van der Waals surface area contributed by atoms with Crippen molar-refractivity contribution in [1.29, 1.82) is 0 Å². The second kappa shape index (κ2) is 9.50. The molecule has 3 aliphatic rings. The number of halogens is 3. The summed E-state index contributed by atoms with van der Waals surface area (Å²) in [7, 11) is 0. The molecule has 2 aliphatic carbocycles. The lowest BCUT2D eigenvalue weighted by Crippen LogP contribution is -2.25. The Morgan fingerprint density at radius 2 is 1.72 bits per heavy atom. The summed E-state index contributed by atoms with van der Waals surface area (Å²) in [6.45, 7) is 0.660. The molecule has 0 N–H and O–H groups in total. The third-order valence-electron chi connectivity index (χ3n) is 7.52. The van der Waals surface area contributed by atoms with E-state index in [2.05, 4.69) is 15.2 Å². The number of nitrogens with zero attached hydrogens (tertiary/aromatic N) is 4. The van der Waals surface area contributed by atoms with Gasteiger partial charge in [0, 0.05) is 18.2 Å². The third-order valence-corrected chi connectivity index (χ3v) is 7.52. The highest BCUT2D eigenvalue weighted by molar-refractivity contribution is 5.47. The lowest BCUT2D eigenvalue weighted by molar-refractivity contribution is -0.137. The molecule has 0 radical (unpaired) electrons. The number of benzene rings is 1. The van der Waals surface area contributed by atoms with E-state index in [-0.39, 0.29) is 18.1 Å². The van der Waals surface area contributed by atoms with Crippen molar-refractivity contribution in [2.45, 2.75) is 75.7 Å². The second-order valence-electron chi connectivity index (χ2n) is 10.2. The van der Waals surface area contributed by atoms with E-state index in [9.17, 15) is 13.2 Å². The summed E-state index contributed by atoms with van der Waals surface area (Å²) < 4.78 is 54.7. The van der Waals surface area contributed by atoms with Gasteiger partial charge in [-0.05, 0) is 87.1 Å². The number of aryl methyl sites for hydroxylation is 1. The fourth-order valence-corrected chi connectivity index (χ4v) is 5.35. The average molecular weight is 499 g/mol. The summed E-state index contributed by atoms with van der Waals surface area (Å²) in [5.74, 6) is 2.87. The number of ether oxygens (including phenoxy) is 2. The van der Waals surface area contributed by atoms with Crippen LogP contribution in [0.25, 0.3) is 5.69 Å². The van der Waals surface area contributed by atoms with Gasteiger partial charge in [0.15, 0.2) is 5.82 Å². The van der Waals surface area contributed by atoms with E-state index in [1.54, 1.807) is 12.3 Å². The number of aromatic nitrogens is 4. The zero-order valence-electron chi connectivity index (χ0n) is 20.0. The molecule has 2 saturated carbocycles. The van der Waals surface area contributed by atoms with Crippen LogP contribution in [-0.2, 0) is 17.3 Å². The maximum Gasteiger partial charge on any atom is 0.416 e. The molecule has 0 spiro atoms. The molecule has 190 valence electrons. The van der Waals surface area contributed by atoms with Gasteiger partial charge < -0.3 is 9.47 Å². The van der Waals surface area contributed by atoms with Crippen molar-refractivity contribution in [3.8, 4) is 11.6 Å². The first kappa shape index (κ1) is 23.5.